The lowest BCUT2D eigenvalue weighted by Crippen LogP contribution is -1.96. The highest BCUT2D eigenvalue weighted by atomic mass is 16.6. The monoisotopic (exact) mass is 257 g/mol. The second kappa shape index (κ2) is 5.10. The molecule has 0 fully saturated rings. The molecule has 0 aliphatic heterocycles. The Hall–Kier alpha value is -2.36. The molecule has 0 spiro atoms. The van der Waals surface area contributed by atoms with Gasteiger partial charge in [0.05, 0.1) is 4.92 Å². The van der Waals surface area contributed by atoms with Crippen LogP contribution in [0.1, 0.15) is 16.7 Å². The van der Waals surface area contributed by atoms with E-state index in [1.54, 1.807) is 18.2 Å². The smallest absolute Gasteiger partial charge is 0.311 e. The summed E-state index contributed by atoms with van der Waals surface area (Å²) in [5.74, 6) is 0.947. The van der Waals surface area contributed by atoms with Crippen LogP contribution in [0.4, 0.5) is 5.69 Å². The van der Waals surface area contributed by atoms with Gasteiger partial charge in [-0.25, -0.2) is 0 Å². The van der Waals surface area contributed by atoms with Gasteiger partial charge in [0.1, 0.15) is 5.75 Å². The van der Waals surface area contributed by atoms with Crippen molar-refractivity contribution in [2.24, 2.45) is 0 Å². The first-order valence-electron chi connectivity index (χ1n) is 5.98. The van der Waals surface area contributed by atoms with Gasteiger partial charge in [-0.15, -0.1) is 0 Å². The van der Waals surface area contributed by atoms with Crippen molar-refractivity contribution in [1.29, 1.82) is 0 Å². The fourth-order valence-electron chi connectivity index (χ4n) is 2.13. The predicted octanol–water partition coefficient (Wildman–Crippen LogP) is 4.31. The number of benzene rings is 2. The maximum atomic E-state index is 11.0. The van der Waals surface area contributed by atoms with E-state index in [0.717, 1.165) is 16.7 Å². The Morgan fingerprint density at radius 3 is 2.21 bits per heavy atom. The molecule has 0 aliphatic rings. The Labute approximate surface area is 111 Å². The number of rotatable bonds is 3. The van der Waals surface area contributed by atoms with Crippen molar-refractivity contribution in [1.82, 2.24) is 0 Å². The van der Waals surface area contributed by atoms with E-state index in [-0.39, 0.29) is 11.4 Å². The second-order valence-corrected chi connectivity index (χ2v) is 4.55. The van der Waals surface area contributed by atoms with Gasteiger partial charge in [0.25, 0.3) is 0 Å². The summed E-state index contributed by atoms with van der Waals surface area (Å²) < 4.78 is 5.75. The van der Waals surface area contributed by atoms with E-state index in [4.69, 9.17) is 4.74 Å². The summed E-state index contributed by atoms with van der Waals surface area (Å²) in [5.41, 5.74) is 3.05. The first kappa shape index (κ1) is 13.1. The van der Waals surface area contributed by atoms with Crippen LogP contribution >= 0.6 is 0 Å². The molecule has 0 saturated heterocycles. The van der Waals surface area contributed by atoms with Crippen LogP contribution in [0.2, 0.25) is 0 Å². The zero-order chi connectivity index (χ0) is 14.0. The molecule has 0 atom stereocenters. The number of hydrogen-bond acceptors (Lipinski definition) is 3. The highest BCUT2D eigenvalue weighted by molar-refractivity contribution is 5.51. The summed E-state index contributed by atoms with van der Waals surface area (Å²) in [5, 5.41) is 11.0. The van der Waals surface area contributed by atoms with Crippen LogP contribution in [0.25, 0.3) is 0 Å². The number of nitrogens with zero attached hydrogens (tertiary/aromatic N) is 1. The molecular weight excluding hydrogens is 242 g/mol. The van der Waals surface area contributed by atoms with Crippen LogP contribution in [0, 0.1) is 30.9 Å². The van der Waals surface area contributed by atoms with Crippen molar-refractivity contribution in [2.75, 3.05) is 0 Å². The SMILES string of the molecule is Cc1cc(C)c(Oc2ccccc2[N+](=O)[O-])c(C)c1. The van der Waals surface area contributed by atoms with Gasteiger partial charge in [0, 0.05) is 6.07 Å². The molecule has 0 N–H and O–H groups in total. The third-order valence-corrected chi connectivity index (χ3v) is 2.88. The highest BCUT2D eigenvalue weighted by Gasteiger charge is 2.16. The second-order valence-electron chi connectivity index (χ2n) is 4.55. The summed E-state index contributed by atoms with van der Waals surface area (Å²) >= 11 is 0. The van der Waals surface area contributed by atoms with Crippen LogP contribution in [-0.4, -0.2) is 4.92 Å². The van der Waals surface area contributed by atoms with Gasteiger partial charge < -0.3 is 4.74 Å². The number of nitro groups is 1. The molecule has 4 heteroatoms. The Balaban J connectivity index is 2.45. The summed E-state index contributed by atoms with van der Waals surface area (Å²) in [6.45, 7) is 5.88. The third-order valence-electron chi connectivity index (χ3n) is 2.88. The molecule has 0 unspecified atom stereocenters. The molecule has 0 radical (unpaired) electrons. The average Bonchev–Trinajstić information content (AvgIpc) is 2.34. The molecule has 0 aromatic heterocycles. The van der Waals surface area contributed by atoms with E-state index < -0.39 is 4.92 Å². The number of aryl methyl sites for hydroxylation is 3. The molecule has 4 nitrogen and oxygen atoms in total. The molecular formula is C15H15NO3. The van der Waals surface area contributed by atoms with Gasteiger partial charge in [-0.1, -0.05) is 29.8 Å². The molecule has 0 aliphatic carbocycles. The van der Waals surface area contributed by atoms with Gasteiger partial charge in [0.15, 0.2) is 0 Å². The zero-order valence-electron chi connectivity index (χ0n) is 11.1. The molecule has 2 aromatic carbocycles. The van der Waals surface area contributed by atoms with Gasteiger partial charge in [-0.3, -0.25) is 10.1 Å². The zero-order valence-corrected chi connectivity index (χ0v) is 11.1. The topological polar surface area (TPSA) is 52.4 Å². The van der Waals surface area contributed by atoms with E-state index in [2.05, 4.69) is 0 Å². The minimum absolute atomic E-state index is 0.0260. The van der Waals surface area contributed by atoms with Crippen LogP contribution in [0.3, 0.4) is 0 Å². The molecule has 0 heterocycles. The Morgan fingerprint density at radius 2 is 1.63 bits per heavy atom. The number of ether oxygens (including phenoxy) is 1. The molecule has 19 heavy (non-hydrogen) atoms. The number of para-hydroxylation sites is 2. The minimum Gasteiger partial charge on any atom is -0.450 e. The lowest BCUT2D eigenvalue weighted by Gasteiger charge is -2.12. The number of hydrogen-bond donors (Lipinski definition) is 0. The Morgan fingerprint density at radius 1 is 1.05 bits per heavy atom. The maximum absolute atomic E-state index is 11.0. The fourth-order valence-corrected chi connectivity index (χ4v) is 2.13. The van der Waals surface area contributed by atoms with E-state index >= 15 is 0 Å². The van der Waals surface area contributed by atoms with Crippen LogP contribution in [0.15, 0.2) is 36.4 Å². The summed E-state index contributed by atoms with van der Waals surface area (Å²) in [7, 11) is 0. The lowest BCUT2D eigenvalue weighted by atomic mass is 10.1. The standard InChI is InChI=1S/C15H15NO3/c1-10-8-11(2)15(12(3)9-10)19-14-7-5-4-6-13(14)16(17)18/h4-9H,1-3H3. The molecule has 98 valence electrons. The average molecular weight is 257 g/mol. The first-order valence-corrected chi connectivity index (χ1v) is 5.98. The third kappa shape index (κ3) is 2.73. The molecule has 0 amide bonds. The van der Waals surface area contributed by atoms with E-state index in [0.29, 0.717) is 5.75 Å². The van der Waals surface area contributed by atoms with Crippen LogP contribution in [0.5, 0.6) is 11.5 Å². The Bertz CT molecular complexity index is 612. The van der Waals surface area contributed by atoms with Gasteiger partial charge in [-0.05, 0) is 38.0 Å². The first-order chi connectivity index (χ1) is 8.99. The summed E-state index contributed by atoms with van der Waals surface area (Å²) in [4.78, 5) is 10.5. The molecule has 2 aromatic rings. The minimum atomic E-state index is -0.436. The summed E-state index contributed by atoms with van der Waals surface area (Å²) in [6.07, 6.45) is 0. The highest BCUT2D eigenvalue weighted by Crippen LogP contribution is 2.34. The van der Waals surface area contributed by atoms with Crippen molar-refractivity contribution >= 4 is 5.69 Å². The van der Waals surface area contributed by atoms with E-state index in [9.17, 15) is 10.1 Å². The van der Waals surface area contributed by atoms with E-state index in [1.165, 1.54) is 6.07 Å². The molecule has 2 rings (SSSR count). The molecule has 0 saturated carbocycles. The van der Waals surface area contributed by atoms with E-state index in [1.807, 2.05) is 32.9 Å². The van der Waals surface area contributed by atoms with Gasteiger partial charge in [-0.2, -0.15) is 0 Å². The maximum Gasteiger partial charge on any atom is 0.311 e. The lowest BCUT2D eigenvalue weighted by molar-refractivity contribution is -0.385. The number of nitro benzene ring substituents is 1. The van der Waals surface area contributed by atoms with Crippen LogP contribution < -0.4 is 4.74 Å². The van der Waals surface area contributed by atoms with Gasteiger partial charge >= 0.3 is 5.69 Å². The predicted molar refractivity (Wildman–Crippen MR) is 73.8 cm³/mol. The largest absolute Gasteiger partial charge is 0.450 e. The quantitative estimate of drug-likeness (QED) is 0.608. The van der Waals surface area contributed by atoms with Crippen molar-refractivity contribution < 1.29 is 9.66 Å². The van der Waals surface area contributed by atoms with Crippen LogP contribution in [-0.2, 0) is 0 Å². The van der Waals surface area contributed by atoms with Crippen molar-refractivity contribution in [3.63, 3.8) is 0 Å². The van der Waals surface area contributed by atoms with Crippen molar-refractivity contribution in [3.05, 3.63) is 63.2 Å². The van der Waals surface area contributed by atoms with Crippen molar-refractivity contribution in [3.8, 4) is 11.5 Å². The molecule has 0 bridgehead atoms. The van der Waals surface area contributed by atoms with Gasteiger partial charge in [0.2, 0.25) is 5.75 Å². The Kier molecular flexibility index (Phi) is 3.51. The summed E-state index contributed by atoms with van der Waals surface area (Å²) in [6, 6.07) is 10.4. The normalized spacial score (nSPS) is 10.3. The fraction of sp³-hybridized carbons (Fsp3) is 0.200. The van der Waals surface area contributed by atoms with Crippen molar-refractivity contribution in [2.45, 2.75) is 20.8 Å².